The Kier molecular flexibility index (Phi) is 4.76. The van der Waals surface area contributed by atoms with Crippen molar-refractivity contribution in [1.82, 2.24) is 9.88 Å². The molecule has 0 aliphatic carbocycles. The molecule has 106 valence electrons. The topological polar surface area (TPSA) is 45.7 Å². The maximum atomic E-state index is 11.6. The van der Waals surface area contributed by atoms with Gasteiger partial charge in [-0.15, -0.1) is 11.3 Å². The van der Waals surface area contributed by atoms with E-state index in [2.05, 4.69) is 28.6 Å². The van der Waals surface area contributed by atoms with Crippen molar-refractivity contribution < 1.29 is 9.53 Å². The third-order valence-electron chi connectivity index (χ3n) is 3.42. The normalized spacial score (nSPS) is 20.6. The van der Waals surface area contributed by atoms with Gasteiger partial charge < -0.3 is 9.64 Å². The first-order valence-electron chi connectivity index (χ1n) is 6.77. The van der Waals surface area contributed by atoms with Gasteiger partial charge in [-0.25, -0.2) is 9.78 Å². The van der Waals surface area contributed by atoms with Crippen LogP contribution >= 0.6 is 11.3 Å². The van der Waals surface area contributed by atoms with Crippen LogP contribution in [0.1, 0.15) is 31.3 Å². The quantitative estimate of drug-likeness (QED) is 0.789. The van der Waals surface area contributed by atoms with E-state index in [-0.39, 0.29) is 5.97 Å². The molecule has 2 rings (SSSR count). The Bertz CT molecular complexity index is 435. The molecule has 5 nitrogen and oxygen atoms in total. The second-order valence-corrected chi connectivity index (χ2v) is 5.50. The Morgan fingerprint density at radius 3 is 2.95 bits per heavy atom. The van der Waals surface area contributed by atoms with Crippen LogP contribution in [0.4, 0.5) is 5.13 Å². The number of hydrogen-bond donors (Lipinski definition) is 0. The zero-order chi connectivity index (χ0) is 13.8. The zero-order valence-electron chi connectivity index (χ0n) is 11.8. The van der Waals surface area contributed by atoms with Crippen LogP contribution in [-0.2, 0) is 4.74 Å². The fraction of sp³-hybridized carbons (Fsp3) is 0.692. The van der Waals surface area contributed by atoms with Gasteiger partial charge in [0.1, 0.15) is 0 Å². The fourth-order valence-electron chi connectivity index (χ4n) is 2.35. The standard InChI is InChI=1S/C13H21N3O2S/c1-4-15-6-7-16(8-10(15)3)13-14-11(9-19-13)12(17)18-5-2/h9-10H,4-8H2,1-3H3. The summed E-state index contributed by atoms with van der Waals surface area (Å²) in [5.41, 5.74) is 0.424. The van der Waals surface area contributed by atoms with Gasteiger partial charge in [-0.2, -0.15) is 0 Å². The maximum Gasteiger partial charge on any atom is 0.357 e. The largest absolute Gasteiger partial charge is 0.461 e. The molecule has 0 saturated carbocycles. The summed E-state index contributed by atoms with van der Waals surface area (Å²) in [5.74, 6) is -0.328. The van der Waals surface area contributed by atoms with Crippen LogP contribution in [0.5, 0.6) is 0 Å². The van der Waals surface area contributed by atoms with Crippen molar-refractivity contribution in [3.8, 4) is 0 Å². The first-order valence-corrected chi connectivity index (χ1v) is 7.65. The molecule has 0 spiro atoms. The van der Waals surface area contributed by atoms with Gasteiger partial charge in [-0.3, -0.25) is 4.90 Å². The second-order valence-electron chi connectivity index (χ2n) is 4.66. The number of carbonyl (C=O) groups is 1. The van der Waals surface area contributed by atoms with E-state index in [4.69, 9.17) is 4.74 Å². The summed E-state index contributed by atoms with van der Waals surface area (Å²) in [6.45, 7) is 10.7. The predicted molar refractivity (Wildman–Crippen MR) is 77.0 cm³/mol. The van der Waals surface area contributed by atoms with Crippen LogP contribution in [-0.4, -0.2) is 54.7 Å². The average molecular weight is 283 g/mol. The molecule has 2 heterocycles. The number of hydrogen-bond acceptors (Lipinski definition) is 6. The molecule has 1 atom stereocenters. The minimum atomic E-state index is -0.328. The fourth-order valence-corrected chi connectivity index (χ4v) is 3.18. The van der Waals surface area contributed by atoms with Crippen molar-refractivity contribution in [3.63, 3.8) is 0 Å². The molecule has 1 saturated heterocycles. The summed E-state index contributed by atoms with van der Waals surface area (Å²) in [6, 6.07) is 0.522. The second kappa shape index (κ2) is 6.34. The van der Waals surface area contributed by atoms with E-state index in [1.54, 1.807) is 12.3 Å². The SMILES string of the molecule is CCOC(=O)c1csc(N2CCN(CC)C(C)C2)n1. The molecule has 1 aliphatic heterocycles. The van der Waals surface area contributed by atoms with E-state index in [0.29, 0.717) is 18.3 Å². The lowest BCUT2D eigenvalue weighted by atomic mass is 10.2. The minimum absolute atomic E-state index is 0.328. The van der Waals surface area contributed by atoms with Crippen molar-refractivity contribution in [2.75, 3.05) is 37.7 Å². The van der Waals surface area contributed by atoms with Crippen molar-refractivity contribution in [2.45, 2.75) is 26.8 Å². The Hall–Kier alpha value is -1.14. The number of esters is 1. The molecule has 0 amide bonds. The number of carbonyl (C=O) groups excluding carboxylic acids is 1. The molecule has 0 radical (unpaired) electrons. The van der Waals surface area contributed by atoms with Gasteiger partial charge in [-0.1, -0.05) is 6.92 Å². The van der Waals surface area contributed by atoms with Crippen LogP contribution in [0.3, 0.4) is 0 Å². The Balaban J connectivity index is 2.01. The van der Waals surface area contributed by atoms with E-state index in [1.807, 2.05) is 0 Å². The molecule has 0 bridgehead atoms. The molecule has 1 aliphatic rings. The molecule has 1 fully saturated rings. The molecule has 6 heteroatoms. The number of piperazine rings is 1. The van der Waals surface area contributed by atoms with E-state index in [1.165, 1.54) is 11.3 Å². The maximum absolute atomic E-state index is 11.6. The Labute approximate surface area is 118 Å². The molecule has 0 N–H and O–H groups in total. The van der Waals surface area contributed by atoms with Crippen LogP contribution < -0.4 is 4.90 Å². The van der Waals surface area contributed by atoms with Crippen molar-refractivity contribution >= 4 is 22.4 Å². The van der Waals surface area contributed by atoms with Crippen LogP contribution in [0, 0.1) is 0 Å². The molecule has 1 aromatic rings. The lowest BCUT2D eigenvalue weighted by Gasteiger charge is -2.39. The van der Waals surface area contributed by atoms with Gasteiger partial charge in [-0.05, 0) is 20.4 Å². The summed E-state index contributed by atoms with van der Waals surface area (Å²) < 4.78 is 4.96. The number of likely N-dealkylation sites (N-methyl/N-ethyl adjacent to an activating group) is 1. The number of rotatable bonds is 4. The smallest absolute Gasteiger partial charge is 0.357 e. The van der Waals surface area contributed by atoms with Crippen molar-refractivity contribution in [3.05, 3.63) is 11.1 Å². The zero-order valence-corrected chi connectivity index (χ0v) is 12.6. The molecule has 19 heavy (non-hydrogen) atoms. The summed E-state index contributed by atoms with van der Waals surface area (Å²) in [4.78, 5) is 20.7. The van der Waals surface area contributed by atoms with Crippen LogP contribution in [0.25, 0.3) is 0 Å². The number of aromatic nitrogens is 1. The summed E-state index contributed by atoms with van der Waals surface area (Å²) in [6.07, 6.45) is 0. The first kappa shape index (κ1) is 14.3. The highest BCUT2D eigenvalue weighted by Crippen LogP contribution is 2.23. The van der Waals surface area contributed by atoms with Crippen molar-refractivity contribution in [1.29, 1.82) is 0 Å². The first-order chi connectivity index (χ1) is 9.15. The average Bonchev–Trinajstić information content (AvgIpc) is 2.88. The molecule has 0 aromatic carbocycles. The third kappa shape index (κ3) is 3.25. The highest BCUT2D eigenvalue weighted by Gasteiger charge is 2.24. The highest BCUT2D eigenvalue weighted by atomic mass is 32.1. The van der Waals surface area contributed by atoms with Crippen LogP contribution in [0.15, 0.2) is 5.38 Å². The summed E-state index contributed by atoms with van der Waals surface area (Å²) in [7, 11) is 0. The number of nitrogens with zero attached hydrogens (tertiary/aromatic N) is 3. The lowest BCUT2D eigenvalue weighted by Crippen LogP contribution is -2.51. The van der Waals surface area contributed by atoms with Gasteiger partial charge in [0.25, 0.3) is 0 Å². The van der Waals surface area contributed by atoms with Crippen LogP contribution in [0.2, 0.25) is 0 Å². The van der Waals surface area contributed by atoms with E-state index in [9.17, 15) is 4.79 Å². The molecular formula is C13H21N3O2S. The lowest BCUT2D eigenvalue weighted by molar-refractivity contribution is 0.0520. The molecule has 1 unspecified atom stereocenters. The monoisotopic (exact) mass is 283 g/mol. The number of thiazole rings is 1. The van der Waals surface area contributed by atoms with Crippen molar-refractivity contribution in [2.24, 2.45) is 0 Å². The third-order valence-corrected chi connectivity index (χ3v) is 4.32. The van der Waals surface area contributed by atoms with E-state index < -0.39 is 0 Å². The number of anilines is 1. The summed E-state index contributed by atoms with van der Waals surface area (Å²) >= 11 is 1.52. The summed E-state index contributed by atoms with van der Waals surface area (Å²) in [5, 5.41) is 2.70. The molecular weight excluding hydrogens is 262 g/mol. The van der Waals surface area contributed by atoms with Gasteiger partial charge in [0, 0.05) is 31.1 Å². The van der Waals surface area contributed by atoms with Gasteiger partial charge >= 0.3 is 5.97 Å². The molecule has 1 aromatic heterocycles. The Morgan fingerprint density at radius 1 is 1.53 bits per heavy atom. The predicted octanol–water partition coefficient (Wildman–Crippen LogP) is 1.85. The van der Waals surface area contributed by atoms with E-state index >= 15 is 0 Å². The van der Waals surface area contributed by atoms with E-state index in [0.717, 1.165) is 31.3 Å². The van der Waals surface area contributed by atoms with Gasteiger partial charge in [0.2, 0.25) is 0 Å². The number of ether oxygens (including phenoxy) is 1. The Morgan fingerprint density at radius 2 is 2.32 bits per heavy atom. The minimum Gasteiger partial charge on any atom is -0.461 e. The van der Waals surface area contributed by atoms with Gasteiger partial charge in [0.15, 0.2) is 10.8 Å². The highest BCUT2D eigenvalue weighted by molar-refractivity contribution is 7.13. The van der Waals surface area contributed by atoms with Gasteiger partial charge in [0.05, 0.1) is 6.61 Å².